The molecule has 110 valence electrons. The van der Waals surface area contributed by atoms with Crippen molar-refractivity contribution in [2.45, 2.75) is 19.5 Å². The summed E-state index contributed by atoms with van der Waals surface area (Å²) in [6.07, 6.45) is 11.0. The van der Waals surface area contributed by atoms with E-state index in [1.165, 1.54) is 6.33 Å². The lowest BCUT2D eigenvalue weighted by Crippen LogP contribution is -2.31. The molecule has 0 radical (unpaired) electrons. The van der Waals surface area contributed by atoms with Gasteiger partial charge in [0, 0.05) is 43.7 Å². The predicted octanol–water partition coefficient (Wildman–Crippen LogP) is 1.48. The molecule has 4 heterocycles. The van der Waals surface area contributed by atoms with Crippen LogP contribution in [0.25, 0.3) is 11.4 Å². The van der Waals surface area contributed by atoms with Crippen LogP contribution in [0.2, 0.25) is 0 Å². The first-order valence-electron chi connectivity index (χ1n) is 7.09. The SMILES string of the molecule is c1ncc(-c2ncc3c(n2)CCN(Cc2ncco2)C3)cn1. The highest BCUT2D eigenvalue weighted by molar-refractivity contribution is 5.52. The van der Waals surface area contributed by atoms with Gasteiger partial charge in [-0.25, -0.2) is 24.9 Å². The first-order chi connectivity index (χ1) is 10.9. The molecule has 0 saturated heterocycles. The summed E-state index contributed by atoms with van der Waals surface area (Å²) in [7, 11) is 0. The molecule has 0 spiro atoms. The molecule has 4 rings (SSSR count). The highest BCUT2D eigenvalue weighted by atomic mass is 16.3. The van der Waals surface area contributed by atoms with E-state index < -0.39 is 0 Å². The standard InChI is InChI=1S/C15H14N6O/c1-3-21(9-14-18-2-4-22-14)8-12-7-19-15(20-13(1)12)11-5-16-10-17-6-11/h2,4-7,10H,1,3,8-9H2. The molecule has 0 aromatic carbocycles. The van der Waals surface area contributed by atoms with Crippen LogP contribution >= 0.6 is 0 Å². The van der Waals surface area contributed by atoms with E-state index in [1.54, 1.807) is 24.9 Å². The normalized spacial score (nSPS) is 14.7. The van der Waals surface area contributed by atoms with Crippen molar-refractivity contribution in [3.8, 4) is 11.4 Å². The summed E-state index contributed by atoms with van der Waals surface area (Å²) in [4.78, 5) is 23.6. The number of hydrogen-bond donors (Lipinski definition) is 0. The zero-order valence-corrected chi connectivity index (χ0v) is 11.9. The maximum atomic E-state index is 5.30. The highest BCUT2D eigenvalue weighted by Crippen LogP contribution is 2.21. The van der Waals surface area contributed by atoms with Crippen molar-refractivity contribution >= 4 is 0 Å². The highest BCUT2D eigenvalue weighted by Gasteiger charge is 2.20. The average Bonchev–Trinajstić information content (AvgIpc) is 3.08. The Hall–Kier alpha value is -2.67. The summed E-state index contributed by atoms with van der Waals surface area (Å²) in [5.41, 5.74) is 3.09. The molecule has 1 aliphatic heterocycles. The Balaban J connectivity index is 1.54. The molecule has 3 aromatic rings. The lowest BCUT2D eigenvalue weighted by Gasteiger charge is -2.26. The third-order valence-corrected chi connectivity index (χ3v) is 3.67. The fraction of sp³-hybridized carbons (Fsp3) is 0.267. The summed E-state index contributed by atoms with van der Waals surface area (Å²) in [6, 6.07) is 0. The van der Waals surface area contributed by atoms with Crippen LogP contribution in [0.4, 0.5) is 0 Å². The second kappa shape index (κ2) is 5.61. The van der Waals surface area contributed by atoms with E-state index in [-0.39, 0.29) is 0 Å². The Labute approximate surface area is 127 Å². The minimum absolute atomic E-state index is 0.681. The predicted molar refractivity (Wildman–Crippen MR) is 77.4 cm³/mol. The lowest BCUT2D eigenvalue weighted by molar-refractivity contribution is 0.219. The van der Waals surface area contributed by atoms with Gasteiger partial charge in [-0.2, -0.15) is 0 Å². The summed E-state index contributed by atoms with van der Waals surface area (Å²) in [5, 5.41) is 0. The molecular formula is C15H14N6O. The van der Waals surface area contributed by atoms with Gasteiger partial charge >= 0.3 is 0 Å². The largest absolute Gasteiger partial charge is 0.448 e. The molecule has 0 amide bonds. The summed E-state index contributed by atoms with van der Waals surface area (Å²) >= 11 is 0. The van der Waals surface area contributed by atoms with Gasteiger partial charge in [-0.3, -0.25) is 4.90 Å². The van der Waals surface area contributed by atoms with Crippen molar-refractivity contribution in [2.75, 3.05) is 6.54 Å². The van der Waals surface area contributed by atoms with Gasteiger partial charge in [0.2, 0.25) is 5.89 Å². The van der Waals surface area contributed by atoms with Gasteiger partial charge in [0.25, 0.3) is 0 Å². The van der Waals surface area contributed by atoms with Gasteiger partial charge in [0.05, 0.1) is 24.0 Å². The Morgan fingerprint density at radius 3 is 2.86 bits per heavy atom. The number of aromatic nitrogens is 5. The number of rotatable bonds is 3. The van der Waals surface area contributed by atoms with E-state index in [0.717, 1.165) is 42.2 Å². The average molecular weight is 294 g/mol. The van der Waals surface area contributed by atoms with E-state index in [2.05, 4.69) is 29.8 Å². The van der Waals surface area contributed by atoms with Crippen molar-refractivity contribution in [1.82, 2.24) is 29.8 Å². The zero-order chi connectivity index (χ0) is 14.8. The van der Waals surface area contributed by atoms with Crippen LogP contribution in [0.15, 0.2) is 41.8 Å². The van der Waals surface area contributed by atoms with Gasteiger partial charge in [-0.1, -0.05) is 0 Å². The van der Waals surface area contributed by atoms with Gasteiger partial charge < -0.3 is 4.42 Å². The maximum absolute atomic E-state index is 5.30. The minimum Gasteiger partial charge on any atom is -0.448 e. The topological polar surface area (TPSA) is 80.8 Å². The van der Waals surface area contributed by atoms with Gasteiger partial charge in [-0.05, 0) is 0 Å². The van der Waals surface area contributed by atoms with E-state index in [9.17, 15) is 0 Å². The minimum atomic E-state index is 0.681. The van der Waals surface area contributed by atoms with E-state index in [4.69, 9.17) is 4.42 Å². The Morgan fingerprint density at radius 2 is 2.05 bits per heavy atom. The van der Waals surface area contributed by atoms with Gasteiger partial charge in [0.15, 0.2) is 5.82 Å². The molecule has 1 aliphatic rings. The number of nitrogens with zero attached hydrogens (tertiary/aromatic N) is 6. The van der Waals surface area contributed by atoms with Crippen LogP contribution in [-0.4, -0.2) is 36.4 Å². The molecule has 0 aliphatic carbocycles. The number of fused-ring (bicyclic) bond motifs is 1. The number of hydrogen-bond acceptors (Lipinski definition) is 7. The second-order valence-electron chi connectivity index (χ2n) is 5.18. The van der Waals surface area contributed by atoms with Gasteiger partial charge in [-0.15, -0.1) is 0 Å². The van der Waals surface area contributed by atoms with Crippen LogP contribution in [-0.2, 0) is 19.5 Å². The van der Waals surface area contributed by atoms with Crippen molar-refractivity contribution in [3.63, 3.8) is 0 Å². The Morgan fingerprint density at radius 1 is 1.14 bits per heavy atom. The van der Waals surface area contributed by atoms with E-state index >= 15 is 0 Å². The molecule has 22 heavy (non-hydrogen) atoms. The van der Waals surface area contributed by atoms with Crippen molar-refractivity contribution in [2.24, 2.45) is 0 Å². The van der Waals surface area contributed by atoms with E-state index in [1.807, 2.05) is 6.20 Å². The van der Waals surface area contributed by atoms with E-state index in [0.29, 0.717) is 12.4 Å². The molecular weight excluding hydrogens is 280 g/mol. The molecule has 7 nitrogen and oxygen atoms in total. The lowest BCUT2D eigenvalue weighted by atomic mass is 10.1. The van der Waals surface area contributed by atoms with Gasteiger partial charge in [0.1, 0.15) is 12.6 Å². The third kappa shape index (κ3) is 2.58. The zero-order valence-electron chi connectivity index (χ0n) is 11.9. The summed E-state index contributed by atoms with van der Waals surface area (Å²) in [5.74, 6) is 1.42. The molecule has 0 fully saturated rings. The van der Waals surface area contributed by atoms with Crippen LogP contribution in [0, 0.1) is 0 Å². The van der Waals surface area contributed by atoms with Crippen LogP contribution in [0.1, 0.15) is 17.1 Å². The quantitative estimate of drug-likeness (QED) is 0.723. The Kier molecular flexibility index (Phi) is 3.32. The first kappa shape index (κ1) is 13.0. The van der Waals surface area contributed by atoms with Crippen molar-refractivity contribution < 1.29 is 4.42 Å². The molecule has 0 saturated carbocycles. The molecule has 7 heteroatoms. The van der Waals surface area contributed by atoms with Crippen LogP contribution in [0.3, 0.4) is 0 Å². The molecule has 0 atom stereocenters. The number of oxazole rings is 1. The van der Waals surface area contributed by atoms with Crippen LogP contribution in [0.5, 0.6) is 0 Å². The third-order valence-electron chi connectivity index (χ3n) is 3.67. The molecule has 0 unspecified atom stereocenters. The van der Waals surface area contributed by atoms with Crippen molar-refractivity contribution in [1.29, 1.82) is 0 Å². The molecule has 0 bridgehead atoms. The summed E-state index contributed by atoms with van der Waals surface area (Å²) < 4.78 is 5.30. The smallest absolute Gasteiger partial charge is 0.208 e. The first-order valence-corrected chi connectivity index (χ1v) is 7.09. The monoisotopic (exact) mass is 294 g/mol. The van der Waals surface area contributed by atoms with Crippen molar-refractivity contribution in [3.05, 3.63) is 54.5 Å². The molecule has 0 N–H and O–H groups in total. The Bertz CT molecular complexity index is 759. The second-order valence-corrected chi connectivity index (χ2v) is 5.18. The summed E-state index contributed by atoms with van der Waals surface area (Å²) in [6.45, 7) is 2.45. The van der Waals surface area contributed by atoms with Crippen LogP contribution < -0.4 is 0 Å². The fourth-order valence-electron chi connectivity index (χ4n) is 2.59. The fourth-order valence-corrected chi connectivity index (χ4v) is 2.59. The maximum Gasteiger partial charge on any atom is 0.208 e. The molecule has 3 aromatic heterocycles.